The molecule has 94 valence electrons. The van der Waals surface area contributed by atoms with E-state index in [1.165, 1.54) is 0 Å². The van der Waals surface area contributed by atoms with Crippen LogP contribution in [0.1, 0.15) is 18.4 Å². The summed E-state index contributed by atoms with van der Waals surface area (Å²) in [5.74, 6) is 0.747. The number of anilines is 2. The van der Waals surface area contributed by atoms with Gasteiger partial charge in [0.05, 0.1) is 17.5 Å². The Morgan fingerprint density at radius 2 is 2.24 bits per heavy atom. The summed E-state index contributed by atoms with van der Waals surface area (Å²) in [5.41, 5.74) is 6.68. The summed E-state index contributed by atoms with van der Waals surface area (Å²) in [6.45, 7) is 3.66. The van der Waals surface area contributed by atoms with Gasteiger partial charge in [-0.1, -0.05) is 0 Å². The van der Waals surface area contributed by atoms with Crippen LogP contribution in [-0.4, -0.2) is 35.5 Å². The first-order valence-electron chi connectivity index (χ1n) is 5.85. The summed E-state index contributed by atoms with van der Waals surface area (Å²) in [5, 5.41) is 13.4. The predicted molar refractivity (Wildman–Crippen MR) is 66.9 cm³/mol. The first-order chi connectivity index (χ1) is 8.09. The Hall–Kier alpha value is -1.33. The topological polar surface area (TPSA) is 80.4 Å². The molecule has 1 saturated heterocycles. The second kappa shape index (κ2) is 4.89. The van der Waals surface area contributed by atoms with Gasteiger partial charge in [-0.25, -0.2) is 4.98 Å². The van der Waals surface area contributed by atoms with Crippen LogP contribution >= 0.6 is 0 Å². The van der Waals surface area contributed by atoms with Crippen molar-refractivity contribution in [3.05, 3.63) is 17.8 Å². The Morgan fingerprint density at radius 3 is 2.88 bits per heavy atom. The summed E-state index contributed by atoms with van der Waals surface area (Å²) in [6, 6.07) is 1.89. The molecule has 0 bridgehead atoms. The van der Waals surface area contributed by atoms with Crippen molar-refractivity contribution in [1.29, 1.82) is 0 Å². The van der Waals surface area contributed by atoms with Crippen molar-refractivity contribution in [3.63, 3.8) is 0 Å². The Balaban J connectivity index is 1.94. The monoisotopic (exact) mass is 237 g/mol. The number of nitrogens with one attached hydrogen (secondary N) is 1. The Kier molecular flexibility index (Phi) is 3.49. The van der Waals surface area contributed by atoms with Crippen molar-refractivity contribution in [1.82, 2.24) is 4.98 Å². The molecule has 2 rings (SSSR count). The smallest absolute Gasteiger partial charge is 0.126 e. The molecule has 0 saturated carbocycles. The van der Waals surface area contributed by atoms with Gasteiger partial charge in [0.1, 0.15) is 5.82 Å². The van der Waals surface area contributed by atoms with Crippen molar-refractivity contribution >= 4 is 11.5 Å². The summed E-state index contributed by atoms with van der Waals surface area (Å²) in [4.78, 5) is 4.18. The summed E-state index contributed by atoms with van der Waals surface area (Å²) in [6.07, 6.45) is 2.95. The van der Waals surface area contributed by atoms with Crippen molar-refractivity contribution < 1.29 is 9.84 Å². The number of aromatic nitrogens is 1. The van der Waals surface area contributed by atoms with Gasteiger partial charge in [0.2, 0.25) is 0 Å². The first kappa shape index (κ1) is 12.1. The van der Waals surface area contributed by atoms with Crippen LogP contribution in [0.2, 0.25) is 0 Å². The van der Waals surface area contributed by atoms with Gasteiger partial charge in [0, 0.05) is 32.6 Å². The number of rotatable bonds is 3. The maximum atomic E-state index is 10.3. The lowest BCUT2D eigenvalue weighted by Crippen LogP contribution is -2.42. The van der Waals surface area contributed by atoms with Gasteiger partial charge in [0.15, 0.2) is 0 Å². The van der Waals surface area contributed by atoms with Crippen LogP contribution in [0.3, 0.4) is 0 Å². The number of ether oxygens (including phenoxy) is 1. The number of nitrogens with two attached hydrogens (primary N) is 1. The van der Waals surface area contributed by atoms with Crippen LogP contribution in [0.25, 0.3) is 0 Å². The van der Waals surface area contributed by atoms with Crippen molar-refractivity contribution in [2.24, 2.45) is 0 Å². The highest BCUT2D eigenvalue weighted by molar-refractivity contribution is 5.50. The largest absolute Gasteiger partial charge is 0.397 e. The average molecular weight is 237 g/mol. The van der Waals surface area contributed by atoms with E-state index in [9.17, 15) is 5.11 Å². The van der Waals surface area contributed by atoms with E-state index in [4.69, 9.17) is 10.5 Å². The second-order valence-corrected chi connectivity index (χ2v) is 4.62. The molecule has 1 aromatic heterocycles. The molecule has 5 heteroatoms. The van der Waals surface area contributed by atoms with Crippen LogP contribution in [0.15, 0.2) is 12.3 Å². The molecule has 0 radical (unpaired) electrons. The molecule has 2 heterocycles. The van der Waals surface area contributed by atoms with Crippen molar-refractivity contribution in [2.45, 2.75) is 25.4 Å². The van der Waals surface area contributed by atoms with Gasteiger partial charge < -0.3 is 20.9 Å². The van der Waals surface area contributed by atoms with E-state index in [-0.39, 0.29) is 0 Å². The van der Waals surface area contributed by atoms with E-state index in [0.717, 1.165) is 11.4 Å². The molecule has 0 aliphatic carbocycles. The third-order valence-electron chi connectivity index (χ3n) is 3.17. The summed E-state index contributed by atoms with van der Waals surface area (Å²) < 4.78 is 5.23. The van der Waals surface area contributed by atoms with E-state index in [2.05, 4.69) is 10.3 Å². The molecular formula is C12H19N3O2. The molecule has 1 aromatic rings. The maximum Gasteiger partial charge on any atom is 0.126 e. The van der Waals surface area contributed by atoms with Gasteiger partial charge in [-0.05, 0) is 18.6 Å². The summed E-state index contributed by atoms with van der Waals surface area (Å²) in [7, 11) is 0. The number of nitrogen functional groups attached to an aromatic ring is 1. The fourth-order valence-electron chi connectivity index (χ4n) is 1.85. The first-order valence-corrected chi connectivity index (χ1v) is 5.85. The second-order valence-electron chi connectivity index (χ2n) is 4.62. The number of pyridine rings is 1. The number of nitrogens with zero attached hydrogens (tertiary/aromatic N) is 1. The van der Waals surface area contributed by atoms with E-state index in [0.29, 0.717) is 38.3 Å². The minimum Gasteiger partial charge on any atom is -0.397 e. The Morgan fingerprint density at radius 1 is 1.53 bits per heavy atom. The van der Waals surface area contributed by atoms with Gasteiger partial charge in [-0.15, -0.1) is 0 Å². The SMILES string of the molecule is Cc1cc(NCC2(O)CCOCC2)ncc1N. The van der Waals surface area contributed by atoms with Gasteiger partial charge in [-0.2, -0.15) is 0 Å². The van der Waals surface area contributed by atoms with Crippen LogP contribution < -0.4 is 11.1 Å². The Labute approximate surface area is 101 Å². The van der Waals surface area contributed by atoms with E-state index in [1.54, 1.807) is 6.20 Å². The predicted octanol–water partition coefficient (Wildman–Crippen LogP) is 0.926. The normalized spacial score (nSPS) is 18.9. The van der Waals surface area contributed by atoms with E-state index >= 15 is 0 Å². The van der Waals surface area contributed by atoms with Gasteiger partial charge >= 0.3 is 0 Å². The van der Waals surface area contributed by atoms with E-state index in [1.807, 2.05) is 13.0 Å². The average Bonchev–Trinajstić information content (AvgIpc) is 2.32. The lowest BCUT2D eigenvalue weighted by atomic mass is 9.94. The maximum absolute atomic E-state index is 10.3. The standard InChI is InChI=1S/C12H19N3O2/c1-9-6-11(14-7-10(9)13)15-8-12(16)2-4-17-5-3-12/h6-7,16H,2-5,8,13H2,1H3,(H,14,15). The number of aryl methyl sites for hydroxylation is 1. The molecule has 0 spiro atoms. The van der Waals surface area contributed by atoms with Crippen LogP contribution in [-0.2, 0) is 4.74 Å². The highest BCUT2D eigenvalue weighted by Gasteiger charge is 2.29. The van der Waals surface area contributed by atoms with Gasteiger partial charge in [-0.3, -0.25) is 0 Å². The third-order valence-corrected chi connectivity index (χ3v) is 3.17. The molecular weight excluding hydrogens is 218 g/mol. The number of aliphatic hydroxyl groups is 1. The molecule has 1 aliphatic heterocycles. The van der Waals surface area contributed by atoms with Crippen LogP contribution in [0.4, 0.5) is 11.5 Å². The number of hydrogen-bond acceptors (Lipinski definition) is 5. The molecule has 0 atom stereocenters. The minimum absolute atomic E-state index is 0.493. The third kappa shape index (κ3) is 3.08. The zero-order valence-electron chi connectivity index (χ0n) is 10.1. The van der Waals surface area contributed by atoms with Crippen LogP contribution in [0.5, 0.6) is 0 Å². The van der Waals surface area contributed by atoms with Crippen LogP contribution in [0, 0.1) is 6.92 Å². The van der Waals surface area contributed by atoms with E-state index < -0.39 is 5.60 Å². The molecule has 0 aromatic carbocycles. The van der Waals surface area contributed by atoms with Crippen molar-refractivity contribution in [3.8, 4) is 0 Å². The summed E-state index contributed by atoms with van der Waals surface area (Å²) >= 11 is 0. The molecule has 4 N–H and O–H groups in total. The lowest BCUT2D eigenvalue weighted by molar-refractivity contribution is -0.0543. The molecule has 0 unspecified atom stereocenters. The molecule has 0 amide bonds. The Bertz CT molecular complexity index is 389. The zero-order chi connectivity index (χ0) is 12.3. The molecule has 1 aliphatic rings. The molecule has 1 fully saturated rings. The van der Waals surface area contributed by atoms with Crippen molar-refractivity contribution in [2.75, 3.05) is 30.8 Å². The fourth-order valence-corrected chi connectivity index (χ4v) is 1.85. The zero-order valence-corrected chi connectivity index (χ0v) is 10.1. The molecule has 5 nitrogen and oxygen atoms in total. The minimum atomic E-state index is -0.685. The lowest BCUT2D eigenvalue weighted by Gasteiger charge is -2.32. The molecule has 17 heavy (non-hydrogen) atoms. The highest BCUT2D eigenvalue weighted by atomic mass is 16.5. The highest BCUT2D eigenvalue weighted by Crippen LogP contribution is 2.21. The quantitative estimate of drug-likeness (QED) is 0.728. The number of hydrogen-bond donors (Lipinski definition) is 3. The fraction of sp³-hybridized carbons (Fsp3) is 0.583. The van der Waals surface area contributed by atoms with Gasteiger partial charge in [0.25, 0.3) is 0 Å².